The van der Waals surface area contributed by atoms with Gasteiger partial charge in [0.25, 0.3) is 5.91 Å². The van der Waals surface area contributed by atoms with Crippen LogP contribution in [0.1, 0.15) is 47.1 Å². The van der Waals surface area contributed by atoms with Crippen molar-refractivity contribution in [3.05, 3.63) is 65.5 Å². The van der Waals surface area contributed by atoms with Gasteiger partial charge in [0.15, 0.2) is 5.69 Å². The second kappa shape index (κ2) is 9.70. The molecule has 0 aliphatic heterocycles. The van der Waals surface area contributed by atoms with Gasteiger partial charge in [0.1, 0.15) is 17.1 Å². The maximum atomic E-state index is 12.0. The fourth-order valence-corrected chi connectivity index (χ4v) is 3.05. The Morgan fingerprint density at radius 2 is 2.10 bits per heavy atom. The number of carbonyl (C=O) groups is 1. The van der Waals surface area contributed by atoms with Gasteiger partial charge in [-0.2, -0.15) is 5.10 Å². The van der Waals surface area contributed by atoms with Gasteiger partial charge in [-0.15, -0.1) is 0 Å². The summed E-state index contributed by atoms with van der Waals surface area (Å²) in [5.41, 5.74) is 14.8. The number of benzene rings is 1. The number of aromatic nitrogens is 2. The second-order valence-corrected chi connectivity index (χ2v) is 7.02. The predicted molar refractivity (Wildman–Crippen MR) is 120 cm³/mol. The van der Waals surface area contributed by atoms with Gasteiger partial charge in [-0.25, -0.2) is 4.68 Å². The van der Waals surface area contributed by atoms with Crippen LogP contribution in [0.3, 0.4) is 0 Å². The van der Waals surface area contributed by atoms with Gasteiger partial charge in [-0.1, -0.05) is 26.0 Å². The maximum Gasteiger partial charge on any atom is 0.255 e. The number of nitrogen functional groups attached to an aromatic ring is 1. The summed E-state index contributed by atoms with van der Waals surface area (Å²) in [7, 11) is 3.50. The third-order valence-electron chi connectivity index (χ3n) is 4.81. The summed E-state index contributed by atoms with van der Waals surface area (Å²) in [6.45, 7) is 12.2. The number of primary amides is 1. The third-order valence-corrected chi connectivity index (χ3v) is 4.81. The molecule has 4 N–H and O–H groups in total. The van der Waals surface area contributed by atoms with E-state index in [2.05, 4.69) is 37.0 Å². The monoisotopic (exact) mass is 407 g/mol. The zero-order chi connectivity index (χ0) is 22.4. The molecule has 2 rings (SSSR count). The van der Waals surface area contributed by atoms with Crippen LogP contribution in [-0.2, 0) is 6.42 Å². The lowest BCUT2D eigenvalue weighted by Crippen LogP contribution is -2.26. The molecule has 0 saturated carbocycles. The summed E-state index contributed by atoms with van der Waals surface area (Å²) in [5.74, 6) is 6.24. The lowest BCUT2D eigenvalue weighted by atomic mass is 10.1. The third kappa shape index (κ3) is 5.03. The molecule has 2 aromatic rings. The van der Waals surface area contributed by atoms with E-state index in [0.717, 1.165) is 29.0 Å². The summed E-state index contributed by atoms with van der Waals surface area (Å²) >= 11 is 0. The van der Waals surface area contributed by atoms with Crippen molar-refractivity contribution in [2.24, 2.45) is 5.73 Å². The Bertz CT molecular complexity index is 1000. The fraction of sp³-hybridized carbons (Fsp3) is 0.304. The van der Waals surface area contributed by atoms with Gasteiger partial charge in [-0.3, -0.25) is 4.79 Å². The van der Waals surface area contributed by atoms with Crippen molar-refractivity contribution in [1.29, 1.82) is 0 Å². The SMILES string of the molecule is C=CC(=C)N(C)CC(C)n1nc(C#Cc2cc(CC)cc(OC)c2)c(C(N)=O)c1N. The molecule has 0 radical (unpaired) electrons. The van der Waals surface area contributed by atoms with Crippen LogP contribution in [0, 0.1) is 11.8 Å². The minimum absolute atomic E-state index is 0.123. The molecule has 0 aliphatic carbocycles. The molecule has 1 atom stereocenters. The number of amides is 1. The molecule has 0 bridgehead atoms. The van der Waals surface area contributed by atoms with Crippen molar-refractivity contribution in [2.45, 2.75) is 26.3 Å². The first-order valence-corrected chi connectivity index (χ1v) is 9.62. The topological polar surface area (TPSA) is 99.4 Å². The Morgan fingerprint density at radius 1 is 1.40 bits per heavy atom. The van der Waals surface area contributed by atoms with Gasteiger partial charge in [0.2, 0.25) is 0 Å². The van der Waals surface area contributed by atoms with Gasteiger partial charge < -0.3 is 21.1 Å². The molecule has 0 fully saturated rings. The Labute approximate surface area is 178 Å². The van der Waals surface area contributed by atoms with Crippen LogP contribution in [0.4, 0.5) is 5.82 Å². The number of ether oxygens (including phenoxy) is 1. The van der Waals surface area contributed by atoms with E-state index in [1.54, 1.807) is 17.9 Å². The maximum absolute atomic E-state index is 12.0. The number of carbonyl (C=O) groups excluding carboxylic acids is 1. The lowest BCUT2D eigenvalue weighted by Gasteiger charge is -2.24. The van der Waals surface area contributed by atoms with E-state index in [0.29, 0.717) is 6.54 Å². The van der Waals surface area contributed by atoms with Crippen molar-refractivity contribution in [1.82, 2.24) is 14.7 Å². The zero-order valence-electron chi connectivity index (χ0n) is 18.0. The summed E-state index contributed by atoms with van der Waals surface area (Å²) in [6.07, 6.45) is 2.52. The lowest BCUT2D eigenvalue weighted by molar-refractivity contribution is 0.100. The molecule has 0 saturated heterocycles. The molecule has 0 spiro atoms. The van der Waals surface area contributed by atoms with E-state index in [1.807, 2.05) is 37.1 Å². The van der Waals surface area contributed by atoms with E-state index in [9.17, 15) is 4.79 Å². The molecule has 1 unspecified atom stereocenters. The Hall–Kier alpha value is -3.66. The number of likely N-dealkylation sites (N-methyl/N-ethyl adjacent to an activating group) is 1. The summed E-state index contributed by atoms with van der Waals surface area (Å²) < 4.78 is 6.90. The number of anilines is 1. The number of nitrogens with zero attached hydrogens (tertiary/aromatic N) is 3. The van der Waals surface area contributed by atoms with Crippen molar-refractivity contribution in [2.75, 3.05) is 26.4 Å². The molecule has 1 heterocycles. The van der Waals surface area contributed by atoms with Crippen LogP contribution in [0.15, 0.2) is 43.1 Å². The first-order chi connectivity index (χ1) is 14.2. The first kappa shape index (κ1) is 22.6. The van der Waals surface area contributed by atoms with E-state index in [4.69, 9.17) is 16.2 Å². The summed E-state index contributed by atoms with van der Waals surface area (Å²) in [5, 5.41) is 4.47. The highest BCUT2D eigenvalue weighted by Gasteiger charge is 2.22. The number of aryl methyl sites for hydroxylation is 1. The first-order valence-electron chi connectivity index (χ1n) is 9.62. The second-order valence-electron chi connectivity index (χ2n) is 7.02. The van der Waals surface area contributed by atoms with Gasteiger partial charge in [0, 0.05) is 24.9 Å². The number of methoxy groups -OCH3 is 1. The minimum atomic E-state index is -0.668. The molecule has 158 valence electrons. The highest BCUT2D eigenvalue weighted by molar-refractivity contribution is 5.99. The van der Waals surface area contributed by atoms with Crippen LogP contribution >= 0.6 is 0 Å². The molecule has 0 aliphatic rings. The number of hydrogen-bond donors (Lipinski definition) is 2. The molecule has 7 heteroatoms. The molecular formula is C23H29N5O2. The van der Waals surface area contributed by atoms with Gasteiger partial charge in [0.05, 0.1) is 13.2 Å². The largest absolute Gasteiger partial charge is 0.497 e. The minimum Gasteiger partial charge on any atom is -0.497 e. The number of hydrogen-bond acceptors (Lipinski definition) is 5. The highest BCUT2D eigenvalue weighted by Crippen LogP contribution is 2.22. The normalized spacial score (nSPS) is 11.2. The molecule has 7 nitrogen and oxygen atoms in total. The predicted octanol–water partition coefficient (Wildman–Crippen LogP) is 2.73. The average molecular weight is 408 g/mol. The van der Waals surface area contributed by atoms with Crippen molar-refractivity contribution < 1.29 is 9.53 Å². The molecule has 30 heavy (non-hydrogen) atoms. The summed E-state index contributed by atoms with van der Waals surface area (Å²) in [4.78, 5) is 14.0. The highest BCUT2D eigenvalue weighted by atomic mass is 16.5. The van der Waals surface area contributed by atoms with Crippen LogP contribution in [0.25, 0.3) is 0 Å². The summed E-state index contributed by atoms with van der Waals surface area (Å²) in [6, 6.07) is 5.61. The van der Waals surface area contributed by atoms with Crippen LogP contribution in [0.2, 0.25) is 0 Å². The van der Waals surface area contributed by atoms with E-state index in [1.165, 1.54) is 0 Å². The smallest absolute Gasteiger partial charge is 0.255 e. The molecular weight excluding hydrogens is 378 g/mol. The van der Waals surface area contributed by atoms with Crippen molar-refractivity contribution in [3.63, 3.8) is 0 Å². The molecule has 1 aromatic carbocycles. The zero-order valence-corrected chi connectivity index (χ0v) is 18.0. The standard InChI is InChI=1S/C23H29N5O2/c1-7-15(3)27(5)14-16(4)28-22(24)21(23(25)29)20(26-28)10-9-18-11-17(8-2)12-19(13-18)30-6/h7,11-13,16H,1,3,8,14,24H2,2,4-6H3,(H2,25,29). The molecule has 1 aromatic heterocycles. The number of allylic oxidation sites excluding steroid dienone is 1. The van der Waals surface area contributed by atoms with E-state index in [-0.39, 0.29) is 23.1 Å². The van der Waals surface area contributed by atoms with Gasteiger partial charge in [-0.05, 0) is 49.1 Å². The number of rotatable bonds is 8. The Balaban J connectivity index is 2.44. The Morgan fingerprint density at radius 3 is 2.67 bits per heavy atom. The fourth-order valence-electron chi connectivity index (χ4n) is 3.05. The Kier molecular flexibility index (Phi) is 7.32. The number of nitrogens with two attached hydrogens (primary N) is 2. The van der Waals surface area contributed by atoms with Crippen LogP contribution in [-0.4, -0.2) is 41.3 Å². The van der Waals surface area contributed by atoms with E-state index < -0.39 is 5.91 Å². The molecule has 1 amide bonds. The van der Waals surface area contributed by atoms with Crippen molar-refractivity contribution >= 4 is 11.7 Å². The van der Waals surface area contributed by atoms with Crippen LogP contribution < -0.4 is 16.2 Å². The van der Waals surface area contributed by atoms with E-state index >= 15 is 0 Å². The van der Waals surface area contributed by atoms with Crippen molar-refractivity contribution in [3.8, 4) is 17.6 Å². The quantitative estimate of drug-likeness (QED) is 0.518. The average Bonchev–Trinajstić information content (AvgIpc) is 3.07. The van der Waals surface area contributed by atoms with Gasteiger partial charge >= 0.3 is 0 Å². The van der Waals surface area contributed by atoms with Crippen LogP contribution in [0.5, 0.6) is 5.75 Å².